The molecule has 1 aromatic heterocycles. The van der Waals surface area contributed by atoms with Crippen molar-refractivity contribution in [3.8, 4) is 28.2 Å². The standard InChI is InChI=1S/C24H20N2O2/c1-27-22-9-5-4-6-18(22)16-10-11-21-17(14-16)15-23(28-21)19-7-2-3-8-20(19)24-25-12-13-26-24/h2-11,14-15H,12-13H2,1H3,(H,25,26). The lowest BCUT2D eigenvalue weighted by Crippen LogP contribution is -2.20. The summed E-state index contributed by atoms with van der Waals surface area (Å²) < 4.78 is 11.7. The maximum Gasteiger partial charge on any atom is 0.136 e. The number of fused-ring (bicyclic) bond motifs is 1. The van der Waals surface area contributed by atoms with Crippen molar-refractivity contribution in [1.29, 1.82) is 0 Å². The Hall–Kier alpha value is -3.53. The number of methoxy groups -OCH3 is 1. The summed E-state index contributed by atoms with van der Waals surface area (Å²) in [7, 11) is 1.70. The summed E-state index contributed by atoms with van der Waals surface area (Å²) in [6, 6.07) is 24.6. The van der Waals surface area contributed by atoms with Crippen molar-refractivity contribution in [1.82, 2.24) is 5.32 Å². The molecule has 28 heavy (non-hydrogen) atoms. The van der Waals surface area contributed by atoms with E-state index in [4.69, 9.17) is 9.15 Å². The molecular weight excluding hydrogens is 348 g/mol. The largest absolute Gasteiger partial charge is 0.496 e. The molecule has 0 radical (unpaired) electrons. The quantitative estimate of drug-likeness (QED) is 0.543. The molecule has 4 nitrogen and oxygen atoms in total. The highest BCUT2D eigenvalue weighted by Crippen LogP contribution is 2.35. The number of para-hydroxylation sites is 1. The zero-order valence-corrected chi connectivity index (χ0v) is 15.6. The topological polar surface area (TPSA) is 46.8 Å². The van der Waals surface area contributed by atoms with Crippen molar-refractivity contribution in [3.63, 3.8) is 0 Å². The Kier molecular flexibility index (Phi) is 4.09. The van der Waals surface area contributed by atoms with Crippen LogP contribution in [0, 0.1) is 0 Å². The number of amidine groups is 1. The third-order valence-corrected chi connectivity index (χ3v) is 5.06. The molecule has 0 fully saturated rings. The van der Waals surface area contributed by atoms with Gasteiger partial charge in [-0.1, -0.05) is 48.5 Å². The van der Waals surface area contributed by atoms with Gasteiger partial charge in [0, 0.05) is 28.6 Å². The van der Waals surface area contributed by atoms with Gasteiger partial charge in [-0.25, -0.2) is 0 Å². The van der Waals surface area contributed by atoms with E-state index >= 15 is 0 Å². The van der Waals surface area contributed by atoms with Crippen molar-refractivity contribution in [2.24, 2.45) is 4.99 Å². The van der Waals surface area contributed by atoms with Gasteiger partial charge in [0.1, 0.15) is 22.9 Å². The van der Waals surface area contributed by atoms with E-state index in [-0.39, 0.29) is 0 Å². The second kappa shape index (κ2) is 6.89. The SMILES string of the molecule is COc1ccccc1-c1ccc2oc(-c3ccccc3C3=NCCN3)cc2c1. The Morgan fingerprint density at radius 1 is 0.893 bits per heavy atom. The highest BCUT2D eigenvalue weighted by Gasteiger charge is 2.16. The first-order chi connectivity index (χ1) is 13.8. The highest BCUT2D eigenvalue weighted by atomic mass is 16.5. The van der Waals surface area contributed by atoms with Gasteiger partial charge in [0.2, 0.25) is 0 Å². The first kappa shape index (κ1) is 16.6. The fraction of sp³-hybridized carbons (Fsp3) is 0.125. The van der Waals surface area contributed by atoms with E-state index in [9.17, 15) is 0 Å². The monoisotopic (exact) mass is 368 g/mol. The van der Waals surface area contributed by atoms with E-state index in [0.717, 1.165) is 63.7 Å². The van der Waals surface area contributed by atoms with E-state index in [1.165, 1.54) is 0 Å². The van der Waals surface area contributed by atoms with Gasteiger partial charge >= 0.3 is 0 Å². The Bertz CT molecular complexity index is 1190. The Morgan fingerprint density at radius 3 is 2.46 bits per heavy atom. The highest BCUT2D eigenvalue weighted by molar-refractivity contribution is 6.05. The maximum absolute atomic E-state index is 6.19. The fourth-order valence-corrected chi connectivity index (χ4v) is 3.71. The van der Waals surface area contributed by atoms with Crippen LogP contribution in [0.3, 0.4) is 0 Å². The van der Waals surface area contributed by atoms with Crippen molar-refractivity contribution < 1.29 is 9.15 Å². The van der Waals surface area contributed by atoms with E-state index in [1.54, 1.807) is 7.11 Å². The summed E-state index contributed by atoms with van der Waals surface area (Å²) in [5, 5.41) is 4.42. The number of aliphatic imine (C=N–C) groups is 1. The van der Waals surface area contributed by atoms with E-state index < -0.39 is 0 Å². The zero-order valence-electron chi connectivity index (χ0n) is 15.6. The number of benzene rings is 3. The van der Waals surface area contributed by atoms with E-state index in [0.29, 0.717) is 0 Å². The lowest BCUT2D eigenvalue weighted by molar-refractivity contribution is 0.416. The molecule has 0 atom stereocenters. The molecule has 5 rings (SSSR count). The molecule has 1 N–H and O–H groups in total. The number of hydrogen-bond donors (Lipinski definition) is 1. The van der Waals surface area contributed by atoms with Crippen LogP contribution in [0.4, 0.5) is 0 Å². The van der Waals surface area contributed by atoms with E-state index in [1.807, 2.05) is 36.4 Å². The molecule has 3 aromatic carbocycles. The molecule has 4 heteroatoms. The third-order valence-electron chi connectivity index (χ3n) is 5.06. The number of nitrogens with one attached hydrogen (secondary N) is 1. The predicted molar refractivity (Wildman–Crippen MR) is 113 cm³/mol. The van der Waals surface area contributed by atoms with Crippen molar-refractivity contribution in [2.45, 2.75) is 0 Å². The summed E-state index contributed by atoms with van der Waals surface area (Å²) in [5.41, 5.74) is 5.16. The second-order valence-corrected chi connectivity index (χ2v) is 6.77. The van der Waals surface area contributed by atoms with Crippen molar-refractivity contribution >= 4 is 16.8 Å². The van der Waals surface area contributed by atoms with Crippen LogP contribution in [0.2, 0.25) is 0 Å². The minimum atomic E-state index is 0.812. The molecule has 0 bridgehead atoms. The zero-order chi connectivity index (χ0) is 18.9. The molecular formula is C24H20N2O2. The first-order valence-corrected chi connectivity index (χ1v) is 9.38. The van der Waals surface area contributed by atoms with Gasteiger partial charge < -0.3 is 14.5 Å². The summed E-state index contributed by atoms with van der Waals surface area (Å²) in [5.74, 6) is 2.64. The van der Waals surface area contributed by atoms with Crippen molar-refractivity contribution in [3.05, 3.63) is 78.4 Å². The molecule has 0 amide bonds. The van der Waals surface area contributed by atoms with Crippen LogP contribution in [0.1, 0.15) is 5.56 Å². The Labute approximate surface area is 163 Å². The molecule has 138 valence electrons. The molecule has 0 unspecified atom stereocenters. The Morgan fingerprint density at radius 2 is 1.68 bits per heavy atom. The number of hydrogen-bond acceptors (Lipinski definition) is 4. The second-order valence-electron chi connectivity index (χ2n) is 6.77. The molecule has 0 saturated carbocycles. The lowest BCUT2D eigenvalue weighted by atomic mass is 10.0. The Balaban J connectivity index is 1.60. The van der Waals surface area contributed by atoms with Gasteiger partial charge in [-0.05, 0) is 29.8 Å². The van der Waals surface area contributed by atoms with Gasteiger partial charge in [0.25, 0.3) is 0 Å². The molecule has 0 saturated heterocycles. The third kappa shape index (κ3) is 2.83. The van der Waals surface area contributed by atoms with Crippen LogP contribution >= 0.6 is 0 Å². The van der Waals surface area contributed by atoms with Crippen LogP contribution in [-0.4, -0.2) is 26.0 Å². The first-order valence-electron chi connectivity index (χ1n) is 9.38. The summed E-state index contributed by atoms with van der Waals surface area (Å²) >= 11 is 0. The normalized spacial score (nSPS) is 13.4. The smallest absolute Gasteiger partial charge is 0.136 e. The fourth-order valence-electron chi connectivity index (χ4n) is 3.71. The lowest BCUT2D eigenvalue weighted by Gasteiger charge is -2.07. The van der Waals surface area contributed by atoms with Gasteiger partial charge in [0.05, 0.1) is 13.7 Å². The molecule has 1 aliphatic rings. The number of ether oxygens (including phenoxy) is 1. The van der Waals surface area contributed by atoms with Crippen LogP contribution in [0.25, 0.3) is 33.4 Å². The van der Waals surface area contributed by atoms with Gasteiger partial charge in [-0.15, -0.1) is 0 Å². The molecule has 0 spiro atoms. The average molecular weight is 368 g/mol. The van der Waals surface area contributed by atoms with Crippen molar-refractivity contribution in [2.75, 3.05) is 20.2 Å². The number of furan rings is 1. The molecule has 2 heterocycles. The van der Waals surface area contributed by atoms with Gasteiger partial charge in [0.15, 0.2) is 0 Å². The van der Waals surface area contributed by atoms with Crippen LogP contribution in [0.15, 0.2) is 82.2 Å². The molecule has 0 aliphatic carbocycles. The maximum atomic E-state index is 6.19. The van der Waals surface area contributed by atoms with Gasteiger partial charge in [-0.3, -0.25) is 4.99 Å². The van der Waals surface area contributed by atoms with E-state index in [2.05, 4.69) is 46.7 Å². The average Bonchev–Trinajstić information content (AvgIpc) is 3.43. The number of rotatable bonds is 4. The minimum Gasteiger partial charge on any atom is -0.496 e. The summed E-state index contributed by atoms with van der Waals surface area (Å²) in [6.07, 6.45) is 0. The predicted octanol–water partition coefficient (Wildman–Crippen LogP) is 5.13. The summed E-state index contributed by atoms with van der Waals surface area (Å²) in [4.78, 5) is 4.57. The van der Waals surface area contributed by atoms with Gasteiger partial charge in [-0.2, -0.15) is 0 Å². The minimum absolute atomic E-state index is 0.812. The molecule has 1 aliphatic heterocycles. The van der Waals surface area contributed by atoms with Crippen LogP contribution in [-0.2, 0) is 0 Å². The van der Waals surface area contributed by atoms with Crippen LogP contribution < -0.4 is 10.1 Å². The number of nitrogens with zero attached hydrogens (tertiary/aromatic N) is 1. The summed E-state index contributed by atoms with van der Waals surface area (Å²) in [6.45, 7) is 1.69. The molecule has 4 aromatic rings. The van der Waals surface area contributed by atoms with Crippen LogP contribution in [0.5, 0.6) is 5.75 Å².